The van der Waals surface area contributed by atoms with Gasteiger partial charge in [-0.1, -0.05) is 48.5 Å². The van der Waals surface area contributed by atoms with Crippen molar-refractivity contribution in [1.82, 2.24) is 14.9 Å². The lowest BCUT2D eigenvalue weighted by Gasteiger charge is -2.24. The van der Waals surface area contributed by atoms with Crippen molar-refractivity contribution in [2.75, 3.05) is 18.0 Å². The van der Waals surface area contributed by atoms with E-state index in [1.165, 1.54) is 5.56 Å². The summed E-state index contributed by atoms with van der Waals surface area (Å²) in [7, 11) is 0. The molecular formula is C22H22N4O. The summed E-state index contributed by atoms with van der Waals surface area (Å²) >= 11 is 0. The first-order chi connectivity index (χ1) is 13.3. The molecule has 0 N–H and O–H groups in total. The van der Waals surface area contributed by atoms with Gasteiger partial charge in [0.15, 0.2) is 5.82 Å². The van der Waals surface area contributed by atoms with Gasteiger partial charge in [0.25, 0.3) is 5.91 Å². The van der Waals surface area contributed by atoms with Gasteiger partial charge in [0, 0.05) is 25.3 Å². The summed E-state index contributed by atoms with van der Waals surface area (Å²) in [5.41, 5.74) is 2.63. The molecular weight excluding hydrogens is 336 g/mol. The predicted molar refractivity (Wildman–Crippen MR) is 106 cm³/mol. The van der Waals surface area contributed by atoms with Gasteiger partial charge in [-0.2, -0.15) is 0 Å². The number of amides is 1. The molecule has 0 radical (unpaired) electrons. The Morgan fingerprint density at radius 1 is 0.889 bits per heavy atom. The number of hydrogen-bond donors (Lipinski definition) is 0. The minimum absolute atomic E-state index is 0.0270. The topological polar surface area (TPSA) is 49.3 Å². The van der Waals surface area contributed by atoms with E-state index in [0.29, 0.717) is 12.2 Å². The van der Waals surface area contributed by atoms with Crippen LogP contribution < -0.4 is 4.90 Å². The average molecular weight is 358 g/mol. The number of carbonyl (C=O) groups excluding carboxylic acids is 1. The zero-order chi connectivity index (χ0) is 18.5. The molecule has 1 saturated heterocycles. The highest BCUT2D eigenvalue weighted by Crippen LogP contribution is 2.25. The number of anilines is 2. The summed E-state index contributed by atoms with van der Waals surface area (Å²) in [5, 5.41) is 0. The Morgan fingerprint density at radius 3 is 2.19 bits per heavy atom. The van der Waals surface area contributed by atoms with Crippen molar-refractivity contribution in [2.45, 2.75) is 19.4 Å². The molecule has 1 amide bonds. The number of likely N-dealkylation sites (tertiary alicyclic amines) is 1. The van der Waals surface area contributed by atoms with Gasteiger partial charge in [-0.05, 0) is 30.5 Å². The van der Waals surface area contributed by atoms with E-state index in [2.05, 4.69) is 27.0 Å². The number of nitrogens with zero attached hydrogens (tertiary/aromatic N) is 4. The third-order valence-electron chi connectivity index (χ3n) is 4.78. The molecule has 1 aromatic heterocycles. The summed E-state index contributed by atoms with van der Waals surface area (Å²) in [6.45, 7) is 2.30. The Hall–Kier alpha value is -3.21. The molecule has 5 heteroatoms. The van der Waals surface area contributed by atoms with E-state index in [9.17, 15) is 4.79 Å². The zero-order valence-electron chi connectivity index (χ0n) is 15.2. The smallest absolute Gasteiger partial charge is 0.274 e. The van der Waals surface area contributed by atoms with Crippen LogP contribution in [0.1, 0.15) is 28.9 Å². The van der Waals surface area contributed by atoms with Crippen LogP contribution >= 0.6 is 0 Å². The maximum absolute atomic E-state index is 12.5. The van der Waals surface area contributed by atoms with Crippen molar-refractivity contribution in [3.8, 4) is 0 Å². The van der Waals surface area contributed by atoms with Crippen molar-refractivity contribution < 1.29 is 4.79 Å². The molecule has 0 atom stereocenters. The van der Waals surface area contributed by atoms with E-state index in [1.807, 2.05) is 53.4 Å². The van der Waals surface area contributed by atoms with Crippen LogP contribution in [0, 0.1) is 0 Å². The minimum atomic E-state index is -0.0270. The minimum Gasteiger partial charge on any atom is -0.337 e. The van der Waals surface area contributed by atoms with Crippen molar-refractivity contribution in [3.05, 3.63) is 84.3 Å². The molecule has 0 spiro atoms. The highest BCUT2D eigenvalue weighted by atomic mass is 16.2. The second-order valence-electron chi connectivity index (χ2n) is 6.67. The zero-order valence-corrected chi connectivity index (χ0v) is 15.2. The molecule has 27 heavy (non-hydrogen) atoms. The Labute approximate surface area is 159 Å². The monoisotopic (exact) mass is 358 g/mol. The molecule has 5 nitrogen and oxygen atoms in total. The summed E-state index contributed by atoms with van der Waals surface area (Å²) in [5.74, 6) is 0.698. The normalized spacial score (nSPS) is 13.6. The molecule has 0 aliphatic carbocycles. The van der Waals surface area contributed by atoms with E-state index in [1.54, 1.807) is 12.4 Å². The molecule has 0 saturated carbocycles. The van der Waals surface area contributed by atoms with Crippen LogP contribution in [0.3, 0.4) is 0 Å². The van der Waals surface area contributed by atoms with Crippen molar-refractivity contribution >= 4 is 17.4 Å². The molecule has 2 aromatic carbocycles. The van der Waals surface area contributed by atoms with E-state index >= 15 is 0 Å². The fraction of sp³-hybridized carbons (Fsp3) is 0.227. The fourth-order valence-electron chi connectivity index (χ4n) is 3.33. The second-order valence-corrected chi connectivity index (χ2v) is 6.67. The lowest BCUT2D eigenvalue weighted by atomic mass is 10.2. The molecule has 3 aromatic rings. The van der Waals surface area contributed by atoms with Crippen LogP contribution in [0.25, 0.3) is 0 Å². The molecule has 136 valence electrons. The van der Waals surface area contributed by atoms with E-state index in [0.717, 1.165) is 37.4 Å². The standard InChI is InChI=1S/C22H22N4O/c27-22(25-13-7-8-14-25)20-15-24-21(16-23-20)26(19-11-5-2-6-12-19)17-18-9-3-1-4-10-18/h1-6,9-12,15-16H,7-8,13-14,17H2. The molecule has 4 rings (SSSR count). The van der Waals surface area contributed by atoms with Gasteiger partial charge >= 0.3 is 0 Å². The van der Waals surface area contributed by atoms with Crippen LogP contribution in [0.4, 0.5) is 11.5 Å². The van der Waals surface area contributed by atoms with Gasteiger partial charge < -0.3 is 9.80 Å². The second kappa shape index (κ2) is 7.99. The average Bonchev–Trinajstić information content (AvgIpc) is 3.28. The summed E-state index contributed by atoms with van der Waals surface area (Å²) in [6, 6.07) is 20.4. The van der Waals surface area contributed by atoms with Gasteiger partial charge in [0.1, 0.15) is 5.69 Å². The van der Waals surface area contributed by atoms with Crippen LogP contribution in [0.2, 0.25) is 0 Å². The maximum atomic E-state index is 12.5. The van der Waals surface area contributed by atoms with Crippen molar-refractivity contribution in [3.63, 3.8) is 0 Å². The van der Waals surface area contributed by atoms with Gasteiger partial charge in [-0.15, -0.1) is 0 Å². The maximum Gasteiger partial charge on any atom is 0.274 e. The number of hydrogen-bond acceptors (Lipinski definition) is 4. The highest BCUT2D eigenvalue weighted by molar-refractivity contribution is 5.92. The summed E-state index contributed by atoms with van der Waals surface area (Å²) in [6.07, 6.45) is 5.42. The predicted octanol–water partition coefficient (Wildman–Crippen LogP) is 4.05. The molecule has 2 heterocycles. The van der Waals surface area contributed by atoms with Crippen LogP contribution in [-0.4, -0.2) is 33.9 Å². The first-order valence-corrected chi connectivity index (χ1v) is 9.29. The summed E-state index contributed by atoms with van der Waals surface area (Å²) in [4.78, 5) is 25.4. The summed E-state index contributed by atoms with van der Waals surface area (Å²) < 4.78 is 0. The van der Waals surface area contributed by atoms with Gasteiger partial charge in [0.2, 0.25) is 0 Å². The van der Waals surface area contributed by atoms with E-state index in [4.69, 9.17) is 0 Å². The molecule has 0 unspecified atom stereocenters. The molecule has 1 aliphatic heterocycles. The largest absolute Gasteiger partial charge is 0.337 e. The first-order valence-electron chi connectivity index (χ1n) is 9.29. The van der Waals surface area contributed by atoms with Crippen LogP contribution in [0.5, 0.6) is 0 Å². The Kier molecular flexibility index (Phi) is 5.10. The van der Waals surface area contributed by atoms with Gasteiger partial charge in [-0.25, -0.2) is 9.97 Å². The third kappa shape index (κ3) is 3.97. The Morgan fingerprint density at radius 2 is 1.56 bits per heavy atom. The van der Waals surface area contributed by atoms with E-state index < -0.39 is 0 Å². The van der Waals surface area contributed by atoms with Crippen molar-refractivity contribution in [1.29, 1.82) is 0 Å². The quantitative estimate of drug-likeness (QED) is 0.690. The number of benzene rings is 2. The number of para-hydroxylation sites is 1. The number of carbonyl (C=O) groups is 1. The molecule has 1 fully saturated rings. The SMILES string of the molecule is O=C(c1cnc(N(Cc2ccccc2)c2ccccc2)cn1)N1CCCC1. The molecule has 1 aliphatic rings. The Balaban J connectivity index is 1.60. The lowest BCUT2D eigenvalue weighted by Crippen LogP contribution is -2.28. The van der Waals surface area contributed by atoms with Gasteiger partial charge in [-0.3, -0.25) is 4.79 Å². The fourth-order valence-corrected chi connectivity index (χ4v) is 3.33. The third-order valence-corrected chi connectivity index (χ3v) is 4.78. The first kappa shape index (κ1) is 17.2. The molecule has 0 bridgehead atoms. The number of aromatic nitrogens is 2. The lowest BCUT2D eigenvalue weighted by molar-refractivity contribution is 0.0786. The van der Waals surface area contributed by atoms with Gasteiger partial charge in [0.05, 0.1) is 12.4 Å². The van der Waals surface area contributed by atoms with Crippen molar-refractivity contribution in [2.24, 2.45) is 0 Å². The Bertz CT molecular complexity index is 875. The highest BCUT2D eigenvalue weighted by Gasteiger charge is 2.21. The number of rotatable bonds is 5. The van der Waals surface area contributed by atoms with E-state index in [-0.39, 0.29) is 5.91 Å². The van der Waals surface area contributed by atoms with Crippen LogP contribution in [-0.2, 0) is 6.54 Å². The van der Waals surface area contributed by atoms with Crippen LogP contribution in [0.15, 0.2) is 73.1 Å².